The number of hydrogen-bond donors (Lipinski definition) is 0. The highest BCUT2D eigenvalue weighted by atomic mass is 16.7. The van der Waals surface area contributed by atoms with E-state index < -0.39 is 101 Å². The Morgan fingerprint density at radius 1 is 0.375 bits per heavy atom. The quantitative estimate of drug-likeness (QED) is 0.0903. The fourth-order valence-corrected chi connectivity index (χ4v) is 2.34. The third-order valence-electron chi connectivity index (χ3n) is 4.07. The van der Waals surface area contributed by atoms with Crippen LogP contribution in [-0.4, -0.2) is 124 Å². The van der Waals surface area contributed by atoms with Crippen LogP contribution in [0.5, 0.6) is 0 Å². The van der Waals surface area contributed by atoms with E-state index >= 15 is 0 Å². The number of rotatable bonds is 19. The molecule has 0 spiro atoms. The van der Waals surface area contributed by atoms with Crippen LogP contribution in [0.15, 0.2) is 0 Å². The average molecular weight is 580 g/mol. The predicted octanol–water partition coefficient (Wildman–Crippen LogP) is -2.15. The molecule has 0 fully saturated rings. The Morgan fingerprint density at radius 2 is 0.575 bits per heavy atom. The molecule has 18 heteroatoms. The smallest absolute Gasteiger partial charge is 0.323 e. The van der Waals surface area contributed by atoms with Crippen LogP contribution < -0.4 is 0 Å². The number of nitrogens with zero attached hydrogens (tertiary/aromatic N) is 2. The zero-order chi connectivity index (χ0) is 30.5. The summed E-state index contributed by atoms with van der Waals surface area (Å²) in [6.07, 6.45) is 0. The summed E-state index contributed by atoms with van der Waals surface area (Å²) in [5.41, 5.74) is 0. The average Bonchev–Trinajstić information content (AvgIpc) is 2.81. The summed E-state index contributed by atoms with van der Waals surface area (Å²) in [6.45, 7) is -0.690. The summed E-state index contributed by atoms with van der Waals surface area (Å²) in [6, 6.07) is 0. The van der Waals surface area contributed by atoms with Gasteiger partial charge in [0.2, 0.25) is 27.2 Å². The molecule has 18 nitrogen and oxygen atoms in total. The normalized spacial score (nSPS) is 10.2. The molecule has 0 atom stereocenters. The molecular formula is C22H32N2O16. The van der Waals surface area contributed by atoms with Gasteiger partial charge in [0.1, 0.15) is 0 Å². The molecule has 0 rings (SSSR count). The molecule has 0 aromatic carbocycles. The van der Waals surface area contributed by atoms with Crippen LogP contribution in [0, 0.1) is 0 Å². The molecule has 0 aromatic heterocycles. The maximum absolute atomic E-state index is 12.1. The minimum Gasteiger partial charge on any atom is -0.428 e. The lowest BCUT2D eigenvalue weighted by Crippen LogP contribution is -2.44. The van der Waals surface area contributed by atoms with Gasteiger partial charge in [-0.2, -0.15) is 0 Å². The summed E-state index contributed by atoms with van der Waals surface area (Å²) in [7, 11) is 0. The highest BCUT2D eigenvalue weighted by Crippen LogP contribution is 1.99. The lowest BCUT2D eigenvalue weighted by molar-refractivity contribution is -0.172. The number of hydrogen-bond acceptors (Lipinski definition) is 18. The van der Waals surface area contributed by atoms with E-state index in [9.17, 15) is 38.4 Å². The summed E-state index contributed by atoms with van der Waals surface area (Å²) in [5, 5.41) is 0. The molecule has 0 aromatic rings. The van der Waals surface area contributed by atoms with Crippen molar-refractivity contribution in [2.75, 3.05) is 66.4 Å². The van der Waals surface area contributed by atoms with Gasteiger partial charge < -0.3 is 37.9 Å². The first-order chi connectivity index (χ1) is 18.8. The second kappa shape index (κ2) is 20.6. The molecule has 226 valence electrons. The lowest BCUT2D eigenvalue weighted by Gasteiger charge is -2.25. The van der Waals surface area contributed by atoms with Crippen molar-refractivity contribution in [1.82, 2.24) is 9.80 Å². The van der Waals surface area contributed by atoms with Gasteiger partial charge in [0.15, 0.2) is 0 Å². The minimum absolute atomic E-state index is 0.153. The molecule has 0 aliphatic heterocycles. The molecule has 0 saturated carbocycles. The predicted molar refractivity (Wildman–Crippen MR) is 124 cm³/mol. The maximum Gasteiger partial charge on any atom is 0.323 e. The molecular weight excluding hydrogens is 548 g/mol. The molecule has 0 aliphatic carbocycles. The van der Waals surface area contributed by atoms with E-state index in [1.807, 2.05) is 0 Å². The van der Waals surface area contributed by atoms with Crippen molar-refractivity contribution in [3.8, 4) is 0 Å². The van der Waals surface area contributed by atoms with E-state index in [-0.39, 0.29) is 13.1 Å². The van der Waals surface area contributed by atoms with Gasteiger partial charge in [0.25, 0.3) is 0 Å². The van der Waals surface area contributed by atoms with Gasteiger partial charge in [-0.1, -0.05) is 0 Å². The monoisotopic (exact) mass is 580 g/mol. The van der Waals surface area contributed by atoms with Crippen molar-refractivity contribution in [3.05, 3.63) is 0 Å². The van der Waals surface area contributed by atoms with E-state index in [0.717, 1.165) is 27.7 Å². The summed E-state index contributed by atoms with van der Waals surface area (Å²) >= 11 is 0. The largest absolute Gasteiger partial charge is 0.428 e. The minimum atomic E-state index is -0.901. The van der Waals surface area contributed by atoms with Crippen LogP contribution in [0.4, 0.5) is 0 Å². The Labute approximate surface area is 228 Å². The van der Waals surface area contributed by atoms with Gasteiger partial charge in [-0.05, 0) is 0 Å². The Balaban J connectivity index is 5.33. The van der Waals surface area contributed by atoms with E-state index in [1.165, 1.54) is 9.80 Å². The van der Waals surface area contributed by atoms with E-state index in [2.05, 4.69) is 18.9 Å². The standard InChI is InChI=1S/C22H32N2O16/c1-15(25)33-11-37-19(29)7-23(8-20(30)38-12-34-16(2)26)5-6-24(9-21(31)39-13-35-17(3)27)10-22(32)40-14-36-18(4)28/h5-14H2,1-4H3. The Bertz CT molecular complexity index is 765. The first-order valence-corrected chi connectivity index (χ1v) is 11.4. The van der Waals surface area contributed by atoms with Gasteiger partial charge in [0.05, 0.1) is 26.2 Å². The topological polar surface area (TPSA) is 217 Å². The summed E-state index contributed by atoms with van der Waals surface area (Å²) < 4.78 is 37.1. The highest BCUT2D eigenvalue weighted by molar-refractivity contribution is 5.76. The van der Waals surface area contributed by atoms with E-state index in [1.54, 1.807) is 0 Å². The van der Waals surface area contributed by atoms with Crippen molar-refractivity contribution in [2.45, 2.75) is 27.7 Å². The zero-order valence-electron chi connectivity index (χ0n) is 22.5. The number of carbonyl (C=O) groups excluding carboxylic acids is 8. The summed E-state index contributed by atoms with van der Waals surface area (Å²) in [4.78, 5) is 94.4. The Hall–Kier alpha value is -4.32. The fraction of sp³-hybridized carbons (Fsp3) is 0.636. The van der Waals surface area contributed by atoms with Gasteiger partial charge in [-0.25, -0.2) is 0 Å². The van der Waals surface area contributed by atoms with Crippen LogP contribution in [-0.2, 0) is 76.3 Å². The molecule has 0 aliphatic rings. The van der Waals surface area contributed by atoms with Crippen molar-refractivity contribution < 1.29 is 76.3 Å². The van der Waals surface area contributed by atoms with Gasteiger partial charge >= 0.3 is 47.8 Å². The Kier molecular flexibility index (Phi) is 18.4. The molecule has 0 amide bonds. The second-order valence-corrected chi connectivity index (χ2v) is 7.50. The maximum atomic E-state index is 12.1. The molecule has 0 radical (unpaired) electrons. The van der Waals surface area contributed by atoms with Crippen molar-refractivity contribution >= 4 is 47.8 Å². The van der Waals surface area contributed by atoms with Crippen LogP contribution in [0.2, 0.25) is 0 Å². The molecule has 0 heterocycles. The SMILES string of the molecule is CC(=O)OCOC(=O)CN(CCN(CC(=O)OCOC(C)=O)CC(=O)OCOC(C)=O)CC(=O)OCOC(C)=O. The lowest BCUT2D eigenvalue weighted by atomic mass is 10.4. The van der Waals surface area contributed by atoms with E-state index in [0.29, 0.717) is 0 Å². The third-order valence-corrected chi connectivity index (χ3v) is 4.07. The molecule has 0 N–H and O–H groups in total. The summed E-state index contributed by atoms with van der Waals surface area (Å²) in [5.74, 6) is -6.40. The van der Waals surface area contributed by atoms with Crippen molar-refractivity contribution in [3.63, 3.8) is 0 Å². The van der Waals surface area contributed by atoms with Crippen molar-refractivity contribution in [2.24, 2.45) is 0 Å². The number of carbonyl (C=O) groups is 8. The Morgan fingerprint density at radius 3 is 0.750 bits per heavy atom. The molecule has 0 saturated heterocycles. The van der Waals surface area contributed by atoms with Crippen LogP contribution in [0.3, 0.4) is 0 Å². The van der Waals surface area contributed by atoms with Crippen LogP contribution in [0.25, 0.3) is 0 Å². The van der Waals surface area contributed by atoms with Crippen molar-refractivity contribution in [1.29, 1.82) is 0 Å². The zero-order valence-corrected chi connectivity index (χ0v) is 22.5. The van der Waals surface area contributed by atoms with Crippen LogP contribution >= 0.6 is 0 Å². The number of esters is 8. The van der Waals surface area contributed by atoms with Gasteiger partial charge in [-0.3, -0.25) is 48.2 Å². The fourth-order valence-electron chi connectivity index (χ4n) is 2.34. The third kappa shape index (κ3) is 21.7. The number of ether oxygens (including phenoxy) is 8. The van der Waals surface area contributed by atoms with E-state index in [4.69, 9.17) is 18.9 Å². The second-order valence-electron chi connectivity index (χ2n) is 7.50. The first-order valence-electron chi connectivity index (χ1n) is 11.4. The molecule has 40 heavy (non-hydrogen) atoms. The van der Waals surface area contributed by atoms with Gasteiger partial charge in [0, 0.05) is 40.8 Å². The molecule has 0 unspecified atom stereocenters. The first kappa shape index (κ1) is 35.7. The van der Waals surface area contributed by atoms with Gasteiger partial charge in [-0.15, -0.1) is 0 Å². The molecule has 0 bridgehead atoms. The van der Waals surface area contributed by atoms with Crippen LogP contribution in [0.1, 0.15) is 27.7 Å². The highest BCUT2D eigenvalue weighted by Gasteiger charge is 2.22.